The Balaban J connectivity index is 1.63. The summed E-state index contributed by atoms with van der Waals surface area (Å²) < 4.78 is 10.6. The Kier molecular flexibility index (Phi) is 4.24. The zero-order valence-corrected chi connectivity index (χ0v) is 15.2. The van der Waals surface area contributed by atoms with Gasteiger partial charge in [0, 0.05) is 0 Å². The summed E-state index contributed by atoms with van der Waals surface area (Å²) in [6.07, 6.45) is 1.80. The first-order valence-electron chi connectivity index (χ1n) is 8.40. The van der Waals surface area contributed by atoms with E-state index >= 15 is 0 Å². The maximum Gasteiger partial charge on any atom is 0.346 e. The Labute approximate surface area is 160 Å². The van der Waals surface area contributed by atoms with Crippen LogP contribution in [0.3, 0.4) is 0 Å². The van der Waals surface area contributed by atoms with Gasteiger partial charge in [-0.3, -0.25) is 4.79 Å². The van der Waals surface area contributed by atoms with Crippen LogP contribution >= 0.6 is 11.6 Å². The van der Waals surface area contributed by atoms with E-state index in [0.717, 1.165) is 10.6 Å². The smallest absolute Gasteiger partial charge is 0.346 e. The number of nitrogens with one attached hydrogen (secondary N) is 1. The number of rotatable bonds is 4. The number of hydrogen-bond donors (Lipinski definition) is 1. The van der Waals surface area contributed by atoms with Gasteiger partial charge < -0.3 is 14.8 Å². The average molecular weight is 386 g/mol. The molecule has 4 rings (SSSR count). The molecule has 0 bridgehead atoms. The van der Waals surface area contributed by atoms with Crippen molar-refractivity contribution in [1.29, 1.82) is 0 Å². The first kappa shape index (κ1) is 17.4. The van der Waals surface area contributed by atoms with E-state index in [1.165, 1.54) is 6.21 Å². The molecule has 0 aromatic heterocycles. The van der Waals surface area contributed by atoms with Gasteiger partial charge in [0.15, 0.2) is 11.5 Å². The van der Waals surface area contributed by atoms with Crippen molar-refractivity contribution < 1.29 is 19.1 Å². The summed E-state index contributed by atoms with van der Waals surface area (Å²) in [5, 5.41) is 8.07. The second-order valence-corrected chi connectivity index (χ2v) is 6.56. The van der Waals surface area contributed by atoms with Gasteiger partial charge in [0.2, 0.25) is 6.79 Å². The SMILES string of the molecule is CC[C@]1(c2ccccc2)NC(=O)N(/N=C\c2cc(Cl)c3c(c2)OCO3)C1=O. The lowest BCUT2D eigenvalue weighted by atomic mass is 9.87. The van der Waals surface area contributed by atoms with E-state index in [1.54, 1.807) is 12.1 Å². The van der Waals surface area contributed by atoms with Crippen molar-refractivity contribution in [2.75, 3.05) is 6.79 Å². The van der Waals surface area contributed by atoms with Crippen molar-refractivity contribution in [3.05, 3.63) is 58.6 Å². The Morgan fingerprint density at radius 2 is 2.04 bits per heavy atom. The molecule has 2 aromatic rings. The van der Waals surface area contributed by atoms with E-state index in [1.807, 2.05) is 37.3 Å². The highest BCUT2D eigenvalue weighted by Crippen LogP contribution is 2.39. The second kappa shape index (κ2) is 6.59. The van der Waals surface area contributed by atoms with Gasteiger partial charge in [-0.2, -0.15) is 5.10 Å². The third-order valence-electron chi connectivity index (χ3n) is 4.64. The molecule has 0 saturated carbocycles. The van der Waals surface area contributed by atoms with E-state index in [4.69, 9.17) is 21.1 Å². The van der Waals surface area contributed by atoms with Crippen LogP contribution in [0.1, 0.15) is 24.5 Å². The topological polar surface area (TPSA) is 80.2 Å². The van der Waals surface area contributed by atoms with Crippen molar-refractivity contribution in [2.24, 2.45) is 5.10 Å². The van der Waals surface area contributed by atoms with Crippen molar-refractivity contribution in [2.45, 2.75) is 18.9 Å². The van der Waals surface area contributed by atoms with E-state index in [2.05, 4.69) is 10.4 Å². The molecule has 0 aliphatic carbocycles. The molecule has 2 aliphatic rings. The molecular formula is C19H16ClN3O4. The molecule has 7 nitrogen and oxygen atoms in total. The molecule has 1 fully saturated rings. The normalized spacial score (nSPS) is 21.2. The van der Waals surface area contributed by atoms with Gasteiger partial charge in [-0.25, -0.2) is 4.79 Å². The van der Waals surface area contributed by atoms with Gasteiger partial charge >= 0.3 is 6.03 Å². The maximum absolute atomic E-state index is 13.0. The van der Waals surface area contributed by atoms with E-state index in [0.29, 0.717) is 28.5 Å². The molecule has 0 unspecified atom stereocenters. The van der Waals surface area contributed by atoms with Crippen LogP contribution in [0.4, 0.5) is 4.79 Å². The van der Waals surface area contributed by atoms with Gasteiger partial charge in [0.05, 0.1) is 11.2 Å². The summed E-state index contributed by atoms with van der Waals surface area (Å²) in [7, 11) is 0. The van der Waals surface area contributed by atoms with E-state index in [-0.39, 0.29) is 6.79 Å². The number of hydrazone groups is 1. The summed E-state index contributed by atoms with van der Waals surface area (Å²) in [6, 6.07) is 11.9. The molecule has 3 amide bonds. The van der Waals surface area contributed by atoms with Crippen molar-refractivity contribution in [3.63, 3.8) is 0 Å². The summed E-state index contributed by atoms with van der Waals surface area (Å²) in [4.78, 5) is 25.4. The molecule has 2 aromatic carbocycles. The highest BCUT2D eigenvalue weighted by atomic mass is 35.5. The zero-order valence-electron chi connectivity index (χ0n) is 14.4. The molecule has 1 atom stereocenters. The molecule has 1 N–H and O–H groups in total. The van der Waals surface area contributed by atoms with Gasteiger partial charge in [0.25, 0.3) is 5.91 Å². The summed E-state index contributed by atoms with van der Waals surface area (Å²) in [6.45, 7) is 1.94. The quantitative estimate of drug-likeness (QED) is 0.647. The number of halogens is 1. The summed E-state index contributed by atoms with van der Waals surface area (Å²) in [5.74, 6) is 0.538. The van der Waals surface area contributed by atoms with Crippen LogP contribution in [0.5, 0.6) is 11.5 Å². The fourth-order valence-corrected chi connectivity index (χ4v) is 3.49. The Morgan fingerprint density at radius 1 is 1.26 bits per heavy atom. The van der Waals surface area contributed by atoms with Crippen LogP contribution < -0.4 is 14.8 Å². The highest BCUT2D eigenvalue weighted by Gasteiger charge is 2.51. The highest BCUT2D eigenvalue weighted by molar-refractivity contribution is 6.32. The van der Waals surface area contributed by atoms with Crippen LogP contribution in [0, 0.1) is 0 Å². The van der Waals surface area contributed by atoms with E-state index < -0.39 is 17.5 Å². The third-order valence-corrected chi connectivity index (χ3v) is 4.92. The second-order valence-electron chi connectivity index (χ2n) is 6.15. The minimum Gasteiger partial charge on any atom is -0.454 e. The molecular weight excluding hydrogens is 370 g/mol. The molecule has 0 spiro atoms. The average Bonchev–Trinajstić information content (AvgIpc) is 3.24. The number of carbonyl (C=O) groups excluding carboxylic acids is 2. The van der Waals surface area contributed by atoms with Gasteiger partial charge in [-0.05, 0) is 29.7 Å². The van der Waals surface area contributed by atoms with Gasteiger partial charge in [-0.1, -0.05) is 48.9 Å². The predicted molar refractivity (Wildman–Crippen MR) is 99.0 cm³/mol. The van der Waals surface area contributed by atoms with Crippen LogP contribution in [-0.2, 0) is 10.3 Å². The molecule has 2 aliphatic heterocycles. The minimum absolute atomic E-state index is 0.0960. The predicted octanol–water partition coefficient (Wildman–Crippen LogP) is 3.26. The number of hydrogen-bond acceptors (Lipinski definition) is 5. The number of amides is 3. The fraction of sp³-hybridized carbons (Fsp3) is 0.211. The van der Waals surface area contributed by atoms with Crippen molar-refractivity contribution in [1.82, 2.24) is 10.3 Å². The zero-order chi connectivity index (χ0) is 19.0. The van der Waals surface area contributed by atoms with Crippen molar-refractivity contribution in [3.8, 4) is 11.5 Å². The number of ether oxygens (including phenoxy) is 2. The Hall–Kier alpha value is -3.06. The lowest BCUT2D eigenvalue weighted by Crippen LogP contribution is -2.43. The van der Waals surface area contributed by atoms with Gasteiger partial charge in [-0.15, -0.1) is 5.01 Å². The standard InChI is InChI=1S/C19H16ClN3O4/c1-2-19(13-6-4-3-5-7-13)17(24)23(18(25)22-19)21-10-12-8-14(20)16-15(9-12)26-11-27-16/h3-10H,2,11H2,1H3,(H,22,25)/b21-10-/t19-/m1/s1. The van der Waals surface area contributed by atoms with Crippen LogP contribution in [0.25, 0.3) is 0 Å². The lowest BCUT2D eigenvalue weighted by molar-refractivity contribution is -0.131. The summed E-state index contributed by atoms with van der Waals surface area (Å²) in [5.41, 5.74) is 0.176. The van der Waals surface area contributed by atoms with Crippen LogP contribution in [0.15, 0.2) is 47.6 Å². The van der Waals surface area contributed by atoms with Crippen LogP contribution in [-0.4, -0.2) is 30.0 Å². The van der Waals surface area contributed by atoms with Crippen LogP contribution in [0.2, 0.25) is 5.02 Å². The molecule has 27 heavy (non-hydrogen) atoms. The maximum atomic E-state index is 13.0. The largest absolute Gasteiger partial charge is 0.454 e. The van der Waals surface area contributed by atoms with Gasteiger partial charge in [0.1, 0.15) is 5.54 Å². The number of urea groups is 1. The number of nitrogens with zero attached hydrogens (tertiary/aromatic N) is 2. The molecule has 8 heteroatoms. The van der Waals surface area contributed by atoms with E-state index in [9.17, 15) is 9.59 Å². The Bertz CT molecular complexity index is 947. The fourth-order valence-electron chi connectivity index (χ4n) is 3.22. The molecule has 2 heterocycles. The molecule has 1 saturated heterocycles. The Morgan fingerprint density at radius 3 is 2.78 bits per heavy atom. The lowest BCUT2D eigenvalue weighted by Gasteiger charge is -2.24. The molecule has 0 radical (unpaired) electrons. The number of imide groups is 1. The first-order chi connectivity index (χ1) is 13.0. The van der Waals surface area contributed by atoms with Crippen molar-refractivity contribution >= 4 is 29.8 Å². The number of benzene rings is 2. The number of carbonyl (C=O) groups is 2. The number of fused-ring (bicyclic) bond motifs is 1. The molecule has 138 valence electrons. The third kappa shape index (κ3) is 2.80. The first-order valence-corrected chi connectivity index (χ1v) is 8.78. The minimum atomic E-state index is -1.12. The summed E-state index contributed by atoms with van der Waals surface area (Å²) >= 11 is 6.15. The monoisotopic (exact) mass is 385 g/mol.